The van der Waals surface area contributed by atoms with Gasteiger partial charge in [0.1, 0.15) is 11.8 Å². The molecule has 3 fully saturated rings. The maximum Gasteiger partial charge on any atom is 0.310 e. The fourth-order valence-electron chi connectivity index (χ4n) is 6.51. The van der Waals surface area contributed by atoms with E-state index in [0.717, 1.165) is 25.7 Å². The van der Waals surface area contributed by atoms with Crippen LogP contribution in [0.25, 0.3) is 0 Å². The van der Waals surface area contributed by atoms with Gasteiger partial charge in [-0.2, -0.15) is 0 Å². The molecule has 3 aliphatic heterocycles. The van der Waals surface area contributed by atoms with E-state index in [-0.39, 0.29) is 41.0 Å². The number of hydrogen-bond acceptors (Lipinski definition) is 7. The number of fused-ring (bicyclic) bond motifs is 1. The number of unbranched alkanes of at least 4 members (excludes halogenated alkanes) is 4. The van der Waals surface area contributed by atoms with Crippen molar-refractivity contribution in [2.75, 3.05) is 38.3 Å². The molecule has 3 unspecified atom stereocenters. The number of anilines is 1. The minimum absolute atomic E-state index is 0.0201. The topological polar surface area (TPSA) is 96.4 Å². The van der Waals surface area contributed by atoms with E-state index in [1.165, 1.54) is 0 Å². The van der Waals surface area contributed by atoms with E-state index in [0.29, 0.717) is 43.9 Å². The lowest BCUT2D eigenvalue weighted by Gasteiger charge is -2.37. The third kappa shape index (κ3) is 6.25. The Kier molecular flexibility index (Phi) is 11.0. The van der Waals surface area contributed by atoms with Crippen molar-refractivity contribution in [1.29, 1.82) is 0 Å². The molecule has 0 radical (unpaired) electrons. The fraction of sp³-hybridized carbons (Fsp3) is 0.581. The van der Waals surface area contributed by atoms with Gasteiger partial charge in [-0.25, -0.2) is 0 Å². The minimum Gasteiger partial charge on any atom is -0.497 e. The van der Waals surface area contributed by atoms with Gasteiger partial charge >= 0.3 is 5.97 Å². The summed E-state index contributed by atoms with van der Waals surface area (Å²) in [5.74, 6) is -1.24. The van der Waals surface area contributed by atoms with Crippen molar-refractivity contribution >= 4 is 51.2 Å². The van der Waals surface area contributed by atoms with E-state index in [2.05, 4.69) is 29.1 Å². The van der Waals surface area contributed by atoms with Crippen LogP contribution in [0.2, 0.25) is 0 Å². The summed E-state index contributed by atoms with van der Waals surface area (Å²) in [6.07, 6.45) is 8.64. The molecule has 0 aliphatic carbocycles. The van der Waals surface area contributed by atoms with Gasteiger partial charge in [0.25, 0.3) is 5.91 Å². The molecule has 6 atom stereocenters. The number of methoxy groups -OCH3 is 1. The molecule has 3 saturated heterocycles. The monoisotopic (exact) mass is 648 g/mol. The number of likely N-dealkylation sites (tertiary alicyclic amines) is 1. The summed E-state index contributed by atoms with van der Waals surface area (Å²) in [4.78, 5) is 45.7. The first-order valence-electron chi connectivity index (χ1n) is 14.4. The van der Waals surface area contributed by atoms with Crippen molar-refractivity contribution in [1.82, 2.24) is 4.90 Å². The lowest BCUT2D eigenvalue weighted by Crippen LogP contribution is -2.55. The highest BCUT2D eigenvalue weighted by Gasteiger charge is 2.76. The number of allylic oxidation sites excluding steroid dienone is 1. The summed E-state index contributed by atoms with van der Waals surface area (Å²) in [6, 6.07) is 6.53. The van der Waals surface area contributed by atoms with Gasteiger partial charge in [-0.3, -0.25) is 14.4 Å². The number of rotatable bonds is 16. The molecule has 2 bridgehead atoms. The summed E-state index contributed by atoms with van der Waals surface area (Å²) < 4.78 is 10.3. The zero-order valence-corrected chi connectivity index (χ0v) is 26.1. The number of thioether (sulfide) groups is 1. The van der Waals surface area contributed by atoms with Crippen LogP contribution in [0.4, 0.5) is 5.69 Å². The van der Waals surface area contributed by atoms with E-state index in [1.54, 1.807) is 46.9 Å². The lowest BCUT2D eigenvalue weighted by molar-refractivity contribution is -0.154. The molecule has 3 aliphatic rings. The number of amides is 2. The van der Waals surface area contributed by atoms with Crippen LogP contribution in [0.1, 0.15) is 44.9 Å². The van der Waals surface area contributed by atoms with Crippen LogP contribution < -0.4 is 9.64 Å². The number of aliphatic hydroxyl groups excluding tert-OH is 1. The number of alkyl halides is 1. The maximum absolute atomic E-state index is 14.6. The SMILES string of the molecule is C=CCCCCOC(=O)[C@H]1[C@@H]2SC3(CC2Br)C(C(=O)N(CC=C)c2ccc(OC)cc2)N(CCCCCO)C(=O)[C@H]13. The highest BCUT2D eigenvalue weighted by molar-refractivity contribution is 9.09. The molecule has 4 rings (SSSR count). The van der Waals surface area contributed by atoms with Crippen LogP contribution in [0.15, 0.2) is 49.6 Å². The largest absolute Gasteiger partial charge is 0.497 e. The van der Waals surface area contributed by atoms with Crippen molar-refractivity contribution in [2.45, 2.75) is 65.8 Å². The van der Waals surface area contributed by atoms with E-state index >= 15 is 0 Å². The highest BCUT2D eigenvalue weighted by Crippen LogP contribution is 2.68. The van der Waals surface area contributed by atoms with E-state index in [9.17, 15) is 19.5 Å². The molecule has 224 valence electrons. The van der Waals surface area contributed by atoms with Crippen molar-refractivity contribution in [3.8, 4) is 5.75 Å². The molecule has 8 nitrogen and oxygen atoms in total. The Bertz CT molecular complexity index is 1120. The number of ether oxygens (including phenoxy) is 2. The van der Waals surface area contributed by atoms with Crippen LogP contribution in [-0.2, 0) is 19.1 Å². The first kappa shape index (κ1) is 31.6. The van der Waals surface area contributed by atoms with Gasteiger partial charge in [0.15, 0.2) is 0 Å². The molecule has 2 amide bonds. The number of aliphatic hydroxyl groups is 1. The molecule has 1 aromatic carbocycles. The average molecular weight is 650 g/mol. The van der Waals surface area contributed by atoms with Gasteiger partial charge < -0.3 is 24.4 Å². The Hall–Kier alpha value is -2.30. The molecule has 1 N–H and O–H groups in total. The Morgan fingerprint density at radius 3 is 2.59 bits per heavy atom. The standard InChI is InChI=1S/C31H41BrN2O6S/c1-4-6-7-11-19-40-30(38)24-25-28(36)34(17-9-8-10-18-35)27(31(25)20-23(32)26(24)41-31)29(37)33(16-5-2)21-12-14-22(39-3)15-13-21/h4-5,12-15,23-27,35H,1-2,6-11,16-20H2,3H3/t23?,24-,25+,26-,27?,31?/m1/s1. The van der Waals surface area contributed by atoms with Crippen molar-refractivity contribution in [3.63, 3.8) is 0 Å². The molecule has 0 saturated carbocycles. The van der Waals surface area contributed by atoms with Crippen LogP contribution >= 0.6 is 27.7 Å². The average Bonchev–Trinajstić information content (AvgIpc) is 3.57. The number of nitrogens with zero attached hydrogens (tertiary/aromatic N) is 2. The number of esters is 1. The summed E-state index contributed by atoms with van der Waals surface area (Å²) in [7, 11) is 1.59. The fourth-order valence-corrected chi connectivity index (χ4v) is 10.1. The van der Waals surface area contributed by atoms with Crippen molar-refractivity contribution in [3.05, 3.63) is 49.6 Å². The Morgan fingerprint density at radius 1 is 1.17 bits per heavy atom. The normalized spacial score (nSPS) is 27.9. The number of carbonyl (C=O) groups is 3. The van der Waals surface area contributed by atoms with Crippen molar-refractivity contribution < 1.29 is 29.0 Å². The molecule has 3 heterocycles. The minimum atomic E-state index is -0.748. The third-order valence-corrected chi connectivity index (χ3v) is 11.6. The highest BCUT2D eigenvalue weighted by atomic mass is 79.9. The maximum atomic E-state index is 14.6. The molecular weight excluding hydrogens is 608 g/mol. The van der Waals surface area contributed by atoms with E-state index in [1.807, 2.05) is 18.2 Å². The molecule has 10 heteroatoms. The Labute approximate surface area is 255 Å². The molecular formula is C31H41BrN2O6S. The number of benzene rings is 1. The second kappa shape index (κ2) is 14.2. The zero-order valence-electron chi connectivity index (χ0n) is 23.7. The van der Waals surface area contributed by atoms with Gasteiger partial charge in [0.2, 0.25) is 5.91 Å². The third-order valence-electron chi connectivity index (χ3n) is 8.36. The van der Waals surface area contributed by atoms with E-state index < -0.39 is 22.6 Å². The number of carbonyl (C=O) groups excluding carboxylic acids is 3. The summed E-state index contributed by atoms with van der Waals surface area (Å²) >= 11 is 5.41. The molecule has 1 aromatic rings. The summed E-state index contributed by atoms with van der Waals surface area (Å²) in [6.45, 7) is 8.66. The first-order chi connectivity index (χ1) is 19.8. The predicted octanol–water partition coefficient (Wildman–Crippen LogP) is 4.74. The van der Waals surface area contributed by atoms with Gasteiger partial charge in [-0.15, -0.1) is 24.9 Å². The number of hydrogen-bond donors (Lipinski definition) is 1. The zero-order chi connectivity index (χ0) is 29.6. The van der Waals surface area contributed by atoms with Gasteiger partial charge in [0, 0.05) is 35.5 Å². The molecule has 41 heavy (non-hydrogen) atoms. The van der Waals surface area contributed by atoms with Crippen LogP contribution in [0.5, 0.6) is 5.75 Å². The molecule has 0 aromatic heterocycles. The Balaban J connectivity index is 1.67. The first-order valence-corrected chi connectivity index (χ1v) is 16.2. The molecule has 1 spiro atoms. The smallest absolute Gasteiger partial charge is 0.310 e. The van der Waals surface area contributed by atoms with E-state index in [4.69, 9.17) is 9.47 Å². The predicted molar refractivity (Wildman–Crippen MR) is 165 cm³/mol. The van der Waals surface area contributed by atoms with Crippen LogP contribution in [0, 0.1) is 11.8 Å². The second-order valence-electron chi connectivity index (χ2n) is 10.9. The second-order valence-corrected chi connectivity index (χ2v) is 13.6. The van der Waals surface area contributed by atoms with Crippen LogP contribution in [-0.4, -0.2) is 82.1 Å². The Morgan fingerprint density at radius 2 is 1.93 bits per heavy atom. The lowest BCUT2D eigenvalue weighted by atomic mass is 9.71. The number of halogens is 1. The van der Waals surface area contributed by atoms with Gasteiger partial charge in [-0.05, 0) is 69.2 Å². The summed E-state index contributed by atoms with van der Waals surface area (Å²) in [5, 5.41) is 9.13. The summed E-state index contributed by atoms with van der Waals surface area (Å²) in [5.41, 5.74) is 0.687. The van der Waals surface area contributed by atoms with Gasteiger partial charge in [0.05, 0.1) is 30.3 Å². The quantitative estimate of drug-likeness (QED) is 0.120. The van der Waals surface area contributed by atoms with Gasteiger partial charge in [-0.1, -0.05) is 28.1 Å². The van der Waals surface area contributed by atoms with Crippen molar-refractivity contribution in [2.24, 2.45) is 11.8 Å². The van der Waals surface area contributed by atoms with Crippen LogP contribution in [0.3, 0.4) is 0 Å².